The van der Waals surface area contributed by atoms with Gasteiger partial charge in [0.2, 0.25) is 0 Å². The zero-order valence-electron chi connectivity index (χ0n) is 18.7. The zero-order chi connectivity index (χ0) is 19.2. The molecular formula is C26H46O. The van der Waals surface area contributed by atoms with Crippen molar-refractivity contribution in [1.82, 2.24) is 0 Å². The summed E-state index contributed by atoms with van der Waals surface area (Å²) in [4.78, 5) is 0. The average Bonchev–Trinajstić information content (AvgIpc) is 3.00. The van der Waals surface area contributed by atoms with Gasteiger partial charge in [-0.3, -0.25) is 0 Å². The van der Waals surface area contributed by atoms with E-state index in [1.165, 1.54) is 64.2 Å². The van der Waals surface area contributed by atoms with E-state index in [0.717, 1.165) is 47.8 Å². The Bertz CT molecular complexity index is 514. The molecule has 9 atom stereocenters. The fourth-order valence-electron chi connectivity index (χ4n) is 9.23. The third kappa shape index (κ3) is 3.32. The summed E-state index contributed by atoms with van der Waals surface area (Å²) in [6.45, 7) is 10.8. The predicted octanol–water partition coefficient (Wildman–Crippen LogP) is 7.08. The smallest absolute Gasteiger partial charge is 0.0431 e. The van der Waals surface area contributed by atoms with Gasteiger partial charge in [0.1, 0.15) is 0 Å². The zero-order valence-corrected chi connectivity index (χ0v) is 18.7. The van der Waals surface area contributed by atoms with Gasteiger partial charge in [0, 0.05) is 6.61 Å². The highest BCUT2D eigenvalue weighted by Gasteiger charge is 2.60. The summed E-state index contributed by atoms with van der Waals surface area (Å²) in [7, 11) is 0. The second-order valence-corrected chi connectivity index (χ2v) is 12.0. The molecule has 1 nitrogen and oxygen atoms in total. The molecule has 0 saturated heterocycles. The summed E-state index contributed by atoms with van der Waals surface area (Å²) in [5, 5.41) is 9.15. The molecule has 0 aromatic carbocycles. The van der Waals surface area contributed by atoms with E-state index in [-0.39, 0.29) is 0 Å². The third-order valence-electron chi connectivity index (χ3n) is 10.8. The van der Waals surface area contributed by atoms with Crippen molar-refractivity contribution in [2.75, 3.05) is 6.61 Å². The molecule has 0 aromatic heterocycles. The second-order valence-electron chi connectivity index (χ2n) is 12.0. The van der Waals surface area contributed by atoms with Crippen molar-refractivity contribution in [3.8, 4) is 0 Å². The van der Waals surface area contributed by atoms with E-state index in [2.05, 4.69) is 27.7 Å². The van der Waals surface area contributed by atoms with Crippen molar-refractivity contribution in [3.05, 3.63) is 0 Å². The van der Waals surface area contributed by atoms with Crippen molar-refractivity contribution in [2.45, 2.75) is 105 Å². The van der Waals surface area contributed by atoms with Crippen LogP contribution in [-0.2, 0) is 0 Å². The van der Waals surface area contributed by atoms with Crippen LogP contribution in [0.3, 0.4) is 0 Å². The van der Waals surface area contributed by atoms with Crippen molar-refractivity contribution >= 4 is 0 Å². The molecule has 4 aliphatic rings. The number of fused-ring (bicyclic) bond motifs is 5. The molecule has 9 unspecified atom stereocenters. The quantitative estimate of drug-likeness (QED) is 0.510. The first-order chi connectivity index (χ1) is 12.9. The fourth-order valence-corrected chi connectivity index (χ4v) is 9.23. The Morgan fingerprint density at radius 3 is 2.41 bits per heavy atom. The summed E-state index contributed by atoms with van der Waals surface area (Å²) < 4.78 is 0. The van der Waals surface area contributed by atoms with Crippen molar-refractivity contribution in [2.24, 2.45) is 52.3 Å². The monoisotopic (exact) mass is 374 g/mol. The standard InChI is InChI=1S/C26H46O/c1-18-12-14-25(3)20(17-18)8-9-21-23-11-10-22(19(2)7-5-6-16-27)26(23,4)15-13-24(21)25/h18-24,27H,5-17H2,1-4H3. The Labute approximate surface area is 169 Å². The van der Waals surface area contributed by atoms with Gasteiger partial charge in [-0.1, -0.05) is 47.0 Å². The summed E-state index contributed by atoms with van der Waals surface area (Å²) >= 11 is 0. The van der Waals surface area contributed by atoms with Crippen molar-refractivity contribution < 1.29 is 5.11 Å². The molecule has 4 aliphatic carbocycles. The molecule has 156 valence electrons. The third-order valence-corrected chi connectivity index (χ3v) is 10.8. The van der Waals surface area contributed by atoms with Gasteiger partial charge < -0.3 is 5.11 Å². The van der Waals surface area contributed by atoms with E-state index >= 15 is 0 Å². The van der Waals surface area contributed by atoms with Gasteiger partial charge >= 0.3 is 0 Å². The number of aliphatic hydroxyl groups excluding tert-OH is 1. The highest BCUT2D eigenvalue weighted by molar-refractivity contribution is 5.09. The summed E-state index contributed by atoms with van der Waals surface area (Å²) in [5.74, 6) is 6.88. The predicted molar refractivity (Wildman–Crippen MR) is 114 cm³/mol. The van der Waals surface area contributed by atoms with Gasteiger partial charge in [-0.2, -0.15) is 0 Å². The molecule has 0 aromatic rings. The van der Waals surface area contributed by atoms with Gasteiger partial charge in [0.15, 0.2) is 0 Å². The fraction of sp³-hybridized carbons (Fsp3) is 1.00. The van der Waals surface area contributed by atoms with Crippen molar-refractivity contribution in [3.63, 3.8) is 0 Å². The lowest BCUT2D eigenvalue weighted by molar-refractivity contribution is -0.120. The maximum atomic E-state index is 9.15. The first-order valence-electron chi connectivity index (χ1n) is 12.5. The average molecular weight is 375 g/mol. The number of hydrogen-bond acceptors (Lipinski definition) is 1. The molecule has 0 radical (unpaired) electrons. The van der Waals surface area contributed by atoms with Crippen LogP contribution in [0.2, 0.25) is 0 Å². The Balaban J connectivity index is 1.49. The largest absolute Gasteiger partial charge is 0.396 e. The minimum Gasteiger partial charge on any atom is -0.396 e. The van der Waals surface area contributed by atoms with Crippen LogP contribution in [0.15, 0.2) is 0 Å². The number of unbranched alkanes of at least 4 members (excludes halogenated alkanes) is 1. The van der Waals surface area contributed by atoms with E-state index < -0.39 is 0 Å². The molecular weight excluding hydrogens is 328 g/mol. The van der Waals surface area contributed by atoms with E-state index in [4.69, 9.17) is 5.11 Å². The summed E-state index contributed by atoms with van der Waals surface area (Å²) in [5.41, 5.74) is 1.28. The van der Waals surface area contributed by atoms with Gasteiger partial charge in [-0.15, -0.1) is 0 Å². The van der Waals surface area contributed by atoms with E-state index in [9.17, 15) is 0 Å². The summed E-state index contributed by atoms with van der Waals surface area (Å²) in [6.07, 6.45) is 17.2. The Morgan fingerprint density at radius 2 is 1.63 bits per heavy atom. The van der Waals surface area contributed by atoms with E-state index in [1.807, 2.05) is 0 Å². The Kier molecular flexibility index (Phi) is 5.74. The van der Waals surface area contributed by atoms with Crippen LogP contribution in [0.4, 0.5) is 0 Å². The van der Waals surface area contributed by atoms with Gasteiger partial charge in [-0.05, 0) is 110 Å². The first-order valence-corrected chi connectivity index (χ1v) is 12.5. The molecule has 0 aliphatic heterocycles. The Hall–Kier alpha value is -0.0400. The second kappa shape index (κ2) is 7.66. The molecule has 4 fully saturated rings. The minimum atomic E-state index is 0.374. The topological polar surface area (TPSA) is 20.2 Å². The lowest BCUT2D eigenvalue weighted by Crippen LogP contribution is -2.53. The highest BCUT2D eigenvalue weighted by Crippen LogP contribution is 2.68. The first kappa shape index (κ1) is 20.2. The van der Waals surface area contributed by atoms with E-state index in [0.29, 0.717) is 17.4 Å². The van der Waals surface area contributed by atoms with Crippen LogP contribution < -0.4 is 0 Å². The number of aliphatic hydroxyl groups is 1. The number of hydrogen-bond donors (Lipinski definition) is 1. The normalized spacial score (nSPS) is 50.6. The van der Waals surface area contributed by atoms with Crippen LogP contribution in [0.5, 0.6) is 0 Å². The van der Waals surface area contributed by atoms with Crippen LogP contribution in [0, 0.1) is 52.3 Å². The molecule has 0 spiro atoms. The maximum absolute atomic E-state index is 9.15. The molecule has 0 bridgehead atoms. The minimum absolute atomic E-state index is 0.374. The molecule has 4 rings (SSSR count). The van der Waals surface area contributed by atoms with Crippen LogP contribution in [0.1, 0.15) is 105 Å². The van der Waals surface area contributed by atoms with Crippen LogP contribution >= 0.6 is 0 Å². The van der Waals surface area contributed by atoms with Gasteiger partial charge in [0.25, 0.3) is 0 Å². The van der Waals surface area contributed by atoms with E-state index in [1.54, 1.807) is 6.42 Å². The molecule has 0 amide bonds. The van der Waals surface area contributed by atoms with Gasteiger partial charge in [0.05, 0.1) is 0 Å². The molecule has 1 N–H and O–H groups in total. The Morgan fingerprint density at radius 1 is 0.889 bits per heavy atom. The highest BCUT2D eigenvalue weighted by atomic mass is 16.2. The van der Waals surface area contributed by atoms with Gasteiger partial charge in [-0.25, -0.2) is 0 Å². The van der Waals surface area contributed by atoms with Crippen LogP contribution in [0.25, 0.3) is 0 Å². The van der Waals surface area contributed by atoms with Crippen molar-refractivity contribution in [1.29, 1.82) is 0 Å². The maximum Gasteiger partial charge on any atom is 0.0431 e. The lowest BCUT2D eigenvalue weighted by Gasteiger charge is -2.61. The molecule has 27 heavy (non-hydrogen) atoms. The van der Waals surface area contributed by atoms with Crippen LogP contribution in [-0.4, -0.2) is 11.7 Å². The summed E-state index contributed by atoms with van der Waals surface area (Å²) in [6, 6.07) is 0. The number of rotatable bonds is 5. The molecule has 4 saturated carbocycles. The molecule has 1 heteroatoms. The SMILES string of the molecule is CC1CCC2(C)C(CCC3C2CCC2(C)C(C(C)CCCCO)CCC32)C1. The molecule has 0 heterocycles. The lowest BCUT2D eigenvalue weighted by atomic mass is 9.44.